The molecule has 0 atom stereocenters. The summed E-state index contributed by atoms with van der Waals surface area (Å²) in [5.74, 6) is 1.30. The van der Waals surface area contributed by atoms with Crippen LogP contribution in [0, 0.1) is 0 Å². The van der Waals surface area contributed by atoms with Crippen molar-refractivity contribution in [3.63, 3.8) is 0 Å². The van der Waals surface area contributed by atoms with E-state index in [2.05, 4.69) is 15.3 Å². The number of rotatable bonds is 6. The molecular weight excluding hydrogens is 435 g/mol. The molecular formula is C14H18F2IN5O2. The van der Waals surface area contributed by atoms with Gasteiger partial charge in [0.15, 0.2) is 17.5 Å². The van der Waals surface area contributed by atoms with Gasteiger partial charge in [0.2, 0.25) is 0 Å². The minimum absolute atomic E-state index is 0. The van der Waals surface area contributed by atoms with Crippen LogP contribution in [0.2, 0.25) is 0 Å². The van der Waals surface area contributed by atoms with Crippen molar-refractivity contribution in [3.05, 3.63) is 36.4 Å². The van der Waals surface area contributed by atoms with Gasteiger partial charge in [-0.15, -0.1) is 24.0 Å². The number of nitrogens with zero attached hydrogens (tertiary/aromatic N) is 3. The predicted octanol–water partition coefficient (Wildman–Crippen LogP) is 2.84. The molecule has 24 heavy (non-hydrogen) atoms. The number of methoxy groups -OCH3 is 2. The highest BCUT2D eigenvalue weighted by atomic mass is 127. The first kappa shape index (κ1) is 19.9. The molecule has 0 saturated carbocycles. The lowest BCUT2D eigenvalue weighted by Crippen LogP contribution is -2.23. The molecule has 132 valence electrons. The van der Waals surface area contributed by atoms with Crippen LogP contribution < -0.4 is 20.5 Å². The van der Waals surface area contributed by atoms with Gasteiger partial charge in [-0.3, -0.25) is 4.57 Å². The predicted molar refractivity (Wildman–Crippen MR) is 97.4 cm³/mol. The molecule has 0 radical (unpaired) electrons. The van der Waals surface area contributed by atoms with Gasteiger partial charge < -0.3 is 20.5 Å². The zero-order chi connectivity index (χ0) is 16.8. The molecule has 0 aliphatic rings. The molecule has 10 heteroatoms. The average Bonchev–Trinajstić information content (AvgIpc) is 3.01. The third-order valence-corrected chi connectivity index (χ3v) is 3.01. The first-order valence-electron chi connectivity index (χ1n) is 6.64. The summed E-state index contributed by atoms with van der Waals surface area (Å²) < 4.78 is 36.4. The number of guanidine groups is 1. The molecule has 0 aliphatic carbocycles. The van der Waals surface area contributed by atoms with Gasteiger partial charge in [0.25, 0.3) is 0 Å². The molecule has 2 rings (SSSR count). The Kier molecular flexibility index (Phi) is 7.68. The summed E-state index contributed by atoms with van der Waals surface area (Å²) in [5, 5.41) is 2.85. The number of nitrogens with two attached hydrogens (primary N) is 1. The fourth-order valence-electron chi connectivity index (χ4n) is 1.90. The van der Waals surface area contributed by atoms with Crippen LogP contribution >= 0.6 is 24.0 Å². The van der Waals surface area contributed by atoms with Crippen LogP contribution in [0.3, 0.4) is 0 Å². The smallest absolute Gasteiger partial charge is 0.319 e. The summed E-state index contributed by atoms with van der Waals surface area (Å²) in [7, 11) is 3.05. The van der Waals surface area contributed by atoms with Gasteiger partial charge in [-0.05, 0) is 12.1 Å². The van der Waals surface area contributed by atoms with Crippen molar-refractivity contribution in [2.75, 3.05) is 19.5 Å². The van der Waals surface area contributed by atoms with Gasteiger partial charge in [-0.1, -0.05) is 0 Å². The molecule has 0 saturated heterocycles. The van der Waals surface area contributed by atoms with Crippen LogP contribution in [0.1, 0.15) is 12.4 Å². The summed E-state index contributed by atoms with van der Waals surface area (Å²) in [6.45, 7) is -2.73. The summed E-state index contributed by atoms with van der Waals surface area (Å²) in [6, 6.07) is 5.11. The fraction of sp³-hybridized carbons (Fsp3) is 0.286. The van der Waals surface area contributed by atoms with E-state index in [9.17, 15) is 8.78 Å². The lowest BCUT2D eigenvalue weighted by molar-refractivity contribution is 0.0671. The number of alkyl halides is 2. The highest BCUT2D eigenvalue weighted by Crippen LogP contribution is 2.29. The van der Waals surface area contributed by atoms with Crippen molar-refractivity contribution >= 4 is 35.6 Å². The molecule has 1 aromatic heterocycles. The molecule has 0 aliphatic heterocycles. The van der Waals surface area contributed by atoms with Crippen LogP contribution in [0.15, 0.2) is 35.6 Å². The maximum atomic E-state index is 12.7. The largest absolute Gasteiger partial charge is 0.493 e. The third-order valence-electron chi connectivity index (χ3n) is 3.01. The number of nitrogens with one attached hydrogen (secondary N) is 1. The Morgan fingerprint density at radius 2 is 2.04 bits per heavy atom. The van der Waals surface area contributed by atoms with Crippen LogP contribution in [0.5, 0.6) is 11.5 Å². The minimum Gasteiger partial charge on any atom is -0.493 e. The summed E-state index contributed by atoms with van der Waals surface area (Å²) >= 11 is 0. The Hall–Kier alpha value is -2.11. The van der Waals surface area contributed by atoms with Crippen molar-refractivity contribution in [2.45, 2.75) is 13.1 Å². The van der Waals surface area contributed by atoms with E-state index < -0.39 is 6.55 Å². The number of benzene rings is 1. The highest BCUT2D eigenvalue weighted by Gasteiger charge is 2.11. The Labute approximate surface area is 154 Å². The van der Waals surface area contributed by atoms with Crippen molar-refractivity contribution in [1.82, 2.24) is 9.55 Å². The maximum Gasteiger partial charge on any atom is 0.319 e. The van der Waals surface area contributed by atoms with E-state index in [1.807, 2.05) is 0 Å². The van der Waals surface area contributed by atoms with E-state index in [4.69, 9.17) is 15.2 Å². The molecule has 7 nitrogen and oxygen atoms in total. The Morgan fingerprint density at radius 1 is 1.33 bits per heavy atom. The maximum absolute atomic E-state index is 12.7. The highest BCUT2D eigenvalue weighted by molar-refractivity contribution is 14.0. The quantitative estimate of drug-likeness (QED) is 0.399. The Bertz CT molecular complexity index is 694. The third kappa shape index (κ3) is 4.94. The number of ether oxygens (including phenoxy) is 2. The fourth-order valence-corrected chi connectivity index (χ4v) is 1.90. The number of imidazole rings is 1. The molecule has 0 amide bonds. The van der Waals surface area contributed by atoms with Crippen molar-refractivity contribution < 1.29 is 18.3 Å². The van der Waals surface area contributed by atoms with Crippen LogP contribution in [0.4, 0.5) is 14.5 Å². The van der Waals surface area contributed by atoms with Crippen LogP contribution in [0.25, 0.3) is 0 Å². The van der Waals surface area contributed by atoms with Crippen LogP contribution in [-0.2, 0) is 6.54 Å². The lowest BCUT2D eigenvalue weighted by Gasteiger charge is -2.11. The first-order chi connectivity index (χ1) is 11.0. The average molecular weight is 453 g/mol. The minimum atomic E-state index is -2.66. The SMILES string of the molecule is COc1ccc(NC(N)=NCc2nccn2C(F)F)cc1OC.I. The second-order valence-electron chi connectivity index (χ2n) is 4.42. The molecule has 1 aromatic carbocycles. The number of aliphatic imine (C=N–C) groups is 1. The van der Waals surface area contributed by atoms with Crippen molar-refractivity contribution in [1.29, 1.82) is 0 Å². The molecule has 0 bridgehead atoms. The molecule has 1 heterocycles. The lowest BCUT2D eigenvalue weighted by atomic mass is 10.3. The number of halogens is 3. The van der Waals surface area contributed by atoms with E-state index in [-0.39, 0.29) is 42.3 Å². The van der Waals surface area contributed by atoms with Gasteiger partial charge in [0.1, 0.15) is 12.4 Å². The molecule has 0 spiro atoms. The van der Waals surface area contributed by atoms with E-state index in [0.717, 1.165) is 4.57 Å². The molecule has 3 N–H and O–H groups in total. The number of aromatic nitrogens is 2. The van der Waals surface area contributed by atoms with E-state index in [1.165, 1.54) is 26.6 Å². The van der Waals surface area contributed by atoms with Gasteiger partial charge in [0.05, 0.1) is 14.2 Å². The second kappa shape index (κ2) is 9.25. The number of hydrogen-bond acceptors (Lipinski definition) is 4. The standard InChI is InChI=1S/C14H17F2N5O2.HI/c1-22-10-4-3-9(7-11(10)23-2)20-14(17)19-8-12-18-5-6-21(12)13(15)16;/h3-7,13H,8H2,1-2H3,(H3,17,19,20);1H. The van der Waals surface area contributed by atoms with E-state index >= 15 is 0 Å². The number of anilines is 1. The monoisotopic (exact) mass is 453 g/mol. The summed E-state index contributed by atoms with van der Waals surface area (Å²) in [5.41, 5.74) is 6.38. The van der Waals surface area contributed by atoms with Crippen molar-refractivity contribution in [2.24, 2.45) is 10.7 Å². The van der Waals surface area contributed by atoms with Gasteiger partial charge in [-0.2, -0.15) is 8.78 Å². The summed E-state index contributed by atoms with van der Waals surface area (Å²) in [4.78, 5) is 7.82. The molecule has 2 aromatic rings. The Balaban J connectivity index is 0.00000288. The zero-order valence-electron chi connectivity index (χ0n) is 13.1. The van der Waals surface area contributed by atoms with Gasteiger partial charge in [-0.25, -0.2) is 9.98 Å². The van der Waals surface area contributed by atoms with E-state index in [0.29, 0.717) is 17.2 Å². The second-order valence-corrected chi connectivity index (χ2v) is 4.42. The van der Waals surface area contributed by atoms with Crippen LogP contribution in [-0.4, -0.2) is 29.7 Å². The number of hydrogen-bond donors (Lipinski definition) is 2. The van der Waals surface area contributed by atoms with Gasteiger partial charge in [0, 0.05) is 24.1 Å². The first-order valence-corrected chi connectivity index (χ1v) is 6.64. The Morgan fingerprint density at radius 3 is 2.67 bits per heavy atom. The summed E-state index contributed by atoms with van der Waals surface area (Å²) in [6.07, 6.45) is 2.47. The zero-order valence-corrected chi connectivity index (χ0v) is 15.4. The topological polar surface area (TPSA) is 86.7 Å². The van der Waals surface area contributed by atoms with E-state index in [1.54, 1.807) is 18.2 Å². The van der Waals surface area contributed by atoms with Crippen molar-refractivity contribution in [3.8, 4) is 11.5 Å². The normalized spacial score (nSPS) is 11.1. The molecule has 0 unspecified atom stereocenters. The molecule has 0 fully saturated rings. The van der Waals surface area contributed by atoms with Gasteiger partial charge >= 0.3 is 6.55 Å².